The van der Waals surface area contributed by atoms with Gasteiger partial charge in [0.1, 0.15) is 5.54 Å². The van der Waals surface area contributed by atoms with Crippen molar-refractivity contribution in [2.45, 2.75) is 62.5 Å². The number of hydrogen-bond acceptors (Lipinski definition) is 3. The van der Waals surface area contributed by atoms with Crippen LogP contribution in [0.5, 0.6) is 0 Å². The lowest BCUT2D eigenvalue weighted by Crippen LogP contribution is -2.52. The summed E-state index contributed by atoms with van der Waals surface area (Å²) in [6.45, 7) is 6.61. The summed E-state index contributed by atoms with van der Waals surface area (Å²) in [6, 6.07) is 0. The third-order valence-electron chi connectivity index (χ3n) is 3.51. The van der Waals surface area contributed by atoms with Crippen LogP contribution < -0.4 is 5.73 Å². The molecule has 3 atom stereocenters. The van der Waals surface area contributed by atoms with Gasteiger partial charge in [-0.2, -0.15) is 11.8 Å². The summed E-state index contributed by atoms with van der Waals surface area (Å²) in [5.41, 5.74) is 4.95. The lowest BCUT2D eigenvalue weighted by molar-refractivity contribution is -0.144. The summed E-state index contributed by atoms with van der Waals surface area (Å²) in [5.74, 6) is -0.209. The summed E-state index contributed by atoms with van der Waals surface area (Å²) in [6.07, 6.45) is 3.28. The third-order valence-corrected chi connectivity index (χ3v) is 5.27. The van der Waals surface area contributed by atoms with E-state index in [1.165, 1.54) is 0 Å². The van der Waals surface area contributed by atoms with Crippen molar-refractivity contribution in [1.29, 1.82) is 0 Å². The Labute approximate surface area is 102 Å². The standard InChI is InChI=1S/C12H23NO2S/c1-8(2)9(3)16-10-5-4-6-12(13,7-10)11(14)15/h8-10H,4-7,13H2,1-3H3,(H,14,15). The molecule has 0 spiro atoms. The lowest BCUT2D eigenvalue weighted by atomic mass is 9.82. The first-order chi connectivity index (χ1) is 7.35. The second kappa shape index (κ2) is 5.41. The first kappa shape index (κ1) is 13.8. The molecule has 1 aliphatic rings. The minimum atomic E-state index is -0.980. The van der Waals surface area contributed by atoms with Gasteiger partial charge in [0, 0.05) is 10.5 Å². The van der Waals surface area contributed by atoms with E-state index in [4.69, 9.17) is 10.8 Å². The fourth-order valence-corrected chi connectivity index (χ4v) is 3.64. The zero-order valence-electron chi connectivity index (χ0n) is 10.4. The van der Waals surface area contributed by atoms with Gasteiger partial charge >= 0.3 is 5.97 Å². The molecule has 1 saturated carbocycles. The van der Waals surface area contributed by atoms with E-state index in [0.29, 0.717) is 29.3 Å². The topological polar surface area (TPSA) is 63.3 Å². The summed E-state index contributed by atoms with van der Waals surface area (Å²) in [4.78, 5) is 11.1. The normalized spacial score (nSPS) is 32.7. The first-order valence-electron chi connectivity index (χ1n) is 6.03. The fraction of sp³-hybridized carbons (Fsp3) is 0.917. The molecule has 16 heavy (non-hydrogen) atoms. The molecule has 0 aromatic rings. The Kier molecular flexibility index (Phi) is 4.68. The molecule has 94 valence electrons. The second-order valence-corrected chi connectivity index (χ2v) is 6.95. The number of aliphatic carboxylic acids is 1. The molecule has 3 unspecified atom stereocenters. The maximum Gasteiger partial charge on any atom is 0.323 e. The SMILES string of the molecule is CC(C)C(C)SC1CCCC(N)(C(=O)O)C1. The molecule has 0 aromatic heterocycles. The zero-order valence-corrected chi connectivity index (χ0v) is 11.2. The monoisotopic (exact) mass is 245 g/mol. The molecule has 1 rings (SSSR count). The van der Waals surface area contributed by atoms with Crippen LogP contribution in [0.15, 0.2) is 0 Å². The molecule has 1 aliphatic carbocycles. The van der Waals surface area contributed by atoms with Gasteiger partial charge in [-0.1, -0.05) is 20.8 Å². The Balaban J connectivity index is 2.54. The number of thioether (sulfide) groups is 1. The molecule has 3 N–H and O–H groups in total. The molecule has 0 saturated heterocycles. The predicted molar refractivity (Wildman–Crippen MR) is 68.7 cm³/mol. The Bertz CT molecular complexity index is 257. The average molecular weight is 245 g/mol. The number of rotatable bonds is 4. The van der Waals surface area contributed by atoms with E-state index in [0.717, 1.165) is 12.8 Å². The second-order valence-electron chi connectivity index (χ2n) is 5.26. The fourth-order valence-electron chi connectivity index (χ4n) is 2.03. The highest BCUT2D eigenvalue weighted by atomic mass is 32.2. The zero-order chi connectivity index (χ0) is 12.3. The molecule has 4 heteroatoms. The van der Waals surface area contributed by atoms with E-state index in [1.807, 2.05) is 11.8 Å². The van der Waals surface area contributed by atoms with Gasteiger partial charge in [0.2, 0.25) is 0 Å². The predicted octanol–water partition coefficient (Wildman–Crippen LogP) is 2.49. The van der Waals surface area contributed by atoms with Crippen molar-refractivity contribution in [1.82, 2.24) is 0 Å². The van der Waals surface area contributed by atoms with Crippen LogP contribution in [0.25, 0.3) is 0 Å². The number of carboxylic acid groups (broad SMARTS) is 1. The smallest absolute Gasteiger partial charge is 0.323 e. The van der Waals surface area contributed by atoms with Crippen molar-refractivity contribution in [2.75, 3.05) is 0 Å². The van der Waals surface area contributed by atoms with Gasteiger partial charge < -0.3 is 10.8 Å². The highest BCUT2D eigenvalue weighted by molar-refractivity contribution is 8.00. The van der Waals surface area contributed by atoms with Crippen molar-refractivity contribution in [3.05, 3.63) is 0 Å². The van der Waals surface area contributed by atoms with Crippen LogP contribution in [0, 0.1) is 5.92 Å². The van der Waals surface area contributed by atoms with Crippen LogP contribution in [0.4, 0.5) is 0 Å². The Morgan fingerprint density at radius 1 is 1.50 bits per heavy atom. The third kappa shape index (κ3) is 3.39. The largest absolute Gasteiger partial charge is 0.480 e. The Morgan fingerprint density at radius 2 is 2.12 bits per heavy atom. The summed E-state index contributed by atoms with van der Waals surface area (Å²) >= 11 is 1.90. The van der Waals surface area contributed by atoms with Gasteiger partial charge in [-0.05, 0) is 31.6 Å². The molecular weight excluding hydrogens is 222 g/mol. The Morgan fingerprint density at radius 3 is 2.62 bits per heavy atom. The highest BCUT2D eigenvalue weighted by Crippen LogP contribution is 2.37. The van der Waals surface area contributed by atoms with Crippen LogP contribution >= 0.6 is 11.8 Å². The van der Waals surface area contributed by atoms with Crippen molar-refractivity contribution < 1.29 is 9.90 Å². The van der Waals surface area contributed by atoms with Crippen LogP contribution in [-0.4, -0.2) is 27.1 Å². The van der Waals surface area contributed by atoms with Crippen LogP contribution in [0.3, 0.4) is 0 Å². The molecule has 0 heterocycles. The minimum absolute atomic E-state index is 0.409. The quantitative estimate of drug-likeness (QED) is 0.798. The highest BCUT2D eigenvalue weighted by Gasteiger charge is 2.39. The van der Waals surface area contributed by atoms with E-state index < -0.39 is 11.5 Å². The molecule has 1 fully saturated rings. The molecule has 0 aliphatic heterocycles. The first-order valence-corrected chi connectivity index (χ1v) is 6.97. The number of nitrogens with two attached hydrogens (primary N) is 1. The van der Waals surface area contributed by atoms with Crippen LogP contribution in [0.2, 0.25) is 0 Å². The van der Waals surface area contributed by atoms with Gasteiger partial charge in [0.05, 0.1) is 0 Å². The number of carboxylic acids is 1. The van der Waals surface area contributed by atoms with E-state index in [1.54, 1.807) is 0 Å². The molecule has 0 bridgehead atoms. The van der Waals surface area contributed by atoms with Gasteiger partial charge in [0.25, 0.3) is 0 Å². The summed E-state index contributed by atoms with van der Waals surface area (Å²) in [5, 5.41) is 10.1. The Hall–Kier alpha value is -0.220. The molecule has 0 radical (unpaired) electrons. The van der Waals surface area contributed by atoms with Crippen molar-refractivity contribution in [2.24, 2.45) is 11.7 Å². The minimum Gasteiger partial charge on any atom is -0.480 e. The lowest BCUT2D eigenvalue weighted by Gasteiger charge is -2.35. The summed E-state index contributed by atoms with van der Waals surface area (Å²) in [7, 11) is 0. The molecule has 0 aromatic carbocycles. The molecular formula is C12H23NO2S. The maximum absolute atomic E-state index is 11.1. The van der Waals surface area contributed by atoms with Gasteiger partial charge in [-0.25, -0.2) is 0 Å². The van der Waals surface area contributed by atoms with Crippen molar-refractivity contribution in [3.63, 3.8) is 0 Å². The van der Waals surface area contributed by atoms with Gasteiger partial charge in [-0.3, -0.25) is 4.79 Å². The van der Waals surface area contributed by atoms with Crippen LogP contribution in [-0.2, 0) is 4.79 Å². The van der Waals surface area contributed by atoms with E-state index in [9.17, 15) is 4.79 Å². The number of hydrogen-bond donors (Lipinski definition) is 2. The molecule has 3 nitrogen and oxygen atoms in total. The molecule has 0 amide bonds. The maximum atomic E-state index is 11.1. The van der Waals surface area contributed by atoms with Gasteiger partial charge in [-0.15, -0.1) is 0 Å². The van der Waals surface area contributed by atoms with E-state index >= 15 is 0 Å². The average Bonchev–Trinajstić information content (AvgIpc) is 2.17. The van der Waals surface area contributed by atoms with Crippen molar-refractivity contribution >= 4 is 17.7 Å². The van der Waals surface area contributed by atoms with Gasteiger partial charge in [0.15, 0.2) is 0 Å². The summed E-state index contributed by atoms with van der Waals surface area (Å²) < 4.78 is 0. The number of carbonyl (C=O) groups is 1. The van der Waals surface area contributed by atoms with Crippen molar-refractivity contribution in [3.8, 4) is 0 Å². The van der Waals surface area contributed by atoms with E-state index in [-0.39, 0.29) is 0 Å². The van der Waals surface area contributed by atoms with Crippen LogP contribution in [0.1, 0.15) is 46.5 Å². The van der Waals surface area contributed by atoms with E-state index in [2.05, 4.69) is 20.8 Å².